The Bertz CT molecular complexity index is 946. The summed E-state index contributed by atoms with van der Waals surface area (Å²) in [7, 11) is 3.61. The molecule has 332 valence electrons. The molecule has 0 radical (unpaired) electrons. The monoisotopic (exact) mass is 800 g/mol. The molecule has 0 aromatic carbocycles. The lowest BCUT2D eigenvalue weighted by molar-refractivity contribution is -0.150. The van der Waals surface area contributed by atoms with Crippen molar-refractivity contribution >= 4 is 12.0 Å². The van der Waals surface area contributed by atoms with E-state index in [-0.39, 0.29) is 18.1 Å². The van der Waals surface area contributed by atoms with Crippen LogP contribution in [-0.4, -0.2) is 67.9 Å². The van der Waals surface area contributed by atoms with Crippen LogP contribution in [0, 0.1) is 0 Å². The number of aliphatic hydroxyl groups is 1. The fourth-order valence-electron chi connectivity index (χ4n) is 7.06. The van der Waals surface area contributed by atoms with Gasteiger partial charge in [-0.1, -0.05) is 140 Å². The van der Waals surface area contributed by atoms with E-state index in [0.29, 0.717) is 25.9 Å². The van der Waals surface area contributed by atoms with Gasteiger partial charge in [-0.05, 0) is 129 Å². The van der Waals surface area contributed by atoms with Crippen LogP contribution in [-0.2, 0) is 9.53 Å². The number of amides is 2. The minimum Gasteiger partial charge on any atom is -0.462 e. The topological polar surface area (TPSA) is 90.9 Å². The molecule has 0 heterocycles. The molecule has 0 bridgehead atoms. The predicted molar refractivity (Wildman–Crippen MR) is 247 cm³/mol. The number of aliphatic hydroxyl groups excluding tert-OH is 1. The van der Waals surface area contributed by atoms with Gasteiger partial charge in [-0.15, -0.1) is 0 Å². The first-order chi connectivity index (χ1) is 27.9. The molecule has 0 spiro atoms. The molecule has 7 nitrogen and oxygen atoms in total. The lowest BCUT2D eigenvalue weighted by Gasteiger charge is -2.21. The molecule has 0 saturated carbocycles. The van der Waals surface area contributed by atoms with Crippen molar-refractivity contribution in [3.8, 4) is 0 Å². The summed E-state index contributed by atoms with van der Waals surface area (Å²) in [5.41, 5.74) is 0. The van der Waals surface area contributed by atoms with Crippen molar-refractivity contribution in [2.45, 2.75) is 225 Å². The Kier molecular flexibility index (Phi) is 42.9. The van der Waals surface area contributed by atoms with E-state index in [1.807, 2.05) is 7.05 Å². The third-order valence-corrected chi connectivity index (χ3v) is 10.7. The molecule has 0 aromatic heterocycles. The molecular weight excluding hydrogens is 707 g/mol. The summed E-state index contributed by atoms with van der Waals surface area (Å²) in [4.78, 5) is 26.3. The van der Waals surface area contributed by atoms with E-state index in [1.165, 1.54) is 128 Å². The number of nitrogens with zero attached hydrogens (tertiary/aromatic N) is 1. The van der Waals surface area contributed by atoms with Gasteiger partial charge in [0.2, 0.25) is 0 Å². The van der Waals surface area contributed by atoms with E-state index < -0.39 is 6.10 Å². The first-order valence-corrected chi connectivity index (χ1v) is 24.0. The quantitative estimate of drug-likeness (QED) is 0.0325. The largest absolute Gasteiger partial charge is 0.462 e. The van der Waals surface area contributed by atoms with Gasteiger partial charge < -0.3 is 25.4 Å². The van der Waals surface area contributed by atoms with Gasteiger partial charge in [0.25, 0.3) is 0 Å². The molecule has 0 aliphatic carbocycles. The van der Waals surface area contributed by atoms with Crippen molar-refractivity contribution in [2.75, 3.05) is 33.7 Å². The van der Waals surface area contributed by atoms with E-state index in [0.717, 1.165) is 64.3 Å². The zero-order valence-corrected chi connectivity index (χ0v) is 37.9. The molecule has 0 rings (SSSR count). The molecule has 1 atom stereocenters. The summed E-state index contributed by atoms with van der Waals surface area (Å²) in [5, 5.41) is 15.8. The zero-order valence-electron chi connectivity index (χ0n) is 37.9. The second-order valence-corrected chi connectivity index (χ2v) is 16.4. The standard InChI is InChI=1S/C50H93N3O4/c1-5-7-9-11-13-15-17-19-21-23-25-27-29-31-33-35-41-48(42-36-34-32-30-28-26-24-22-20-18-16-14-12-10-8-6-2)57-49(55)43-39-45-53(4)46-47(54)40-37-38-44-52-50(56)51-3/h13-16,19-22,47-48,54H,5-12,17-18,23-46H2,1-4H3,(H2,51,52,56)/b15-13-,16-14-,21-19-,22-20-. The number of rotatable bonds is 42. The fraction of sp³-hybridized carbons (Fsp3) is 0.800. The first-order valence-electron chi connectivity index (χ1n) is 24.0. The number of nitrogens with one attached hydrogen (secondary N) is 2. The van der Waals surface area contributed by atoms with Crippen molar-refractivity contribution in [3.05, 3.63) is 48.6 Å². The molecule has 3 N–H and O–H groups in total. The number of ether oxygens (including phenoxy) is 1. The number of carbonyl (C=O) groups excluding carboxylic acids is 2. The molecule has 57 heavy (non-hydrogen) atoms. The third-order valence-electron chi connectivity index (χ3n) is 10.7. The van der Waals surface area contributed by atoms with Crippen molar-refractivity contribution in [2.24, 2.45) is 0 Å². The van der Waals surface area contributed by atoms with Gasteiger partial charge in [0.15, 0.2) is 0 Å². The molecule has 0 saturated heterocycles. The van der Waals surface area contributed by atoms with E-state index in [9.17, 15) is 14.7 Å². The van der Waals surface area contributed by atoms with Gasteiger partial charge in [-0.25, -0.2) is 4.79 Å². The van der Waals surface area contributed by atoms with Crippen molar-refractivity contribution in [1.82, 2.24) is 15.5 Å². The van der Waals surface area contributed by atoms with Crippen LogP contribution in [0.15, 0.2) is 48.6 Å². The smallest absolute Gasteiger partial charge is 0.314 e. The van der Waals surface area contributed by atoms with E-state index >= 15 is 0 Å². The lowest BCUT2D eigenvalue weighted by atomic mass is 10.0. The molecule has 7 heteroatoms. The predicted octanol–water partition coefficient (Wildman–Crippen LogP) is 13.5. The van der Waals surface area contributed by atoms with Crippen LogP contribution in [0.25, 0.3) is 0 Å². The SMILES string of the molecule is CCCCC/C=C\C/C=C\CCCCCCCCC(CCCCCCCC/C=C\C/C=C\CCCCC)OC(=O)CCCN(C)CC(O)CCCCNC(=O)NC. The highest BCUT2D eigenvalue weighted by Gasteiger charge is 2.15. The number of hydrogen-bond acceptors (Lipinski definition) is 5. The van der Waals surface area contributed by atoms with Crippen molar-refractivity contribution in [1.29, 1.82) is 0 Å². The Balaban J connectivity index is 4.39. The molecular formula is C50H93N3O4. The van der Waals surface area contributed by atoms with Gasteiger partial charge in [-0.3, -0.25) is 4.79 Å². The number of esters is 1. The van der Waals surface area contributed by atoms with Crippen LogP contribution >= 0.6 is 0 Å². The fourth-order valence-corrected chi connectivity index (χ4v) is 7.06. The van der Waals surface area contributed by atoms with Gasteiger partial charge in [-0.2, -0.15) is 0 Å². The molecule has 0 fully saturated rings. The maximum Gasteiger partial charge on any atom is 0.314 e. The number of unbranched alkanes of at least 4 members (excludes halogenated alkanes) is 19. The second kappa shape index (κ2) is 44.7. The van der Waals surface area contributed by atoms with Crippen LogP contribution in [0.5, 0.6) is 0 Å². The minimum atomic E-state index is -0.408. The molecule has 0 aromatic rings. The number of hydrogen-bond donors (Lipinski definition) is 3. The summed E-state index contributed by atoms with van der Waals surface area (Å²) in [6.45, 7) is 6.46. The number of urea groups is 1. The normalized spacial score (nSPS) is 12.7. The third kappa shape index (κ3) is 43.0. The van der Waals surface area contributed by atoms with E-state index in [1.54, 1.807) is 7.05 Å². The molecule has 0 aliphatic rings. The second-order valence-electron chi connectivity index (χ2n) is 16.4. The molecule has 2 amide bonds. The summed E-state index contributed by atoms with van der Waals surface area (Å²) in [6.07, 6.45) is 53.5. The van der Waals surface area contributed by atoms with Crippen LogP contribution in [0.3, 0.4) is 0 Å². The van der Waals surface area contributed by atoms with Gasteiger partial charge in [0.05, 0.1) is 6.10 Å². The Morgan fingerprint density at radius 2 is 1.02 bits per heavy atom. The van der Waals surface area contributed by atoms with Crippen molar-refractivity contribution in [3.63, 3.8) is 0 Å². The van der Waals surface area contributed by atoms with Crippen molar-refractivity contribution < 1.29 is 19.4 Å². The molecule has 0 aliphatic heterocycles. The Morgan fingerprint density at radius 1 is 0.579 bits per heavy atom. The first kappa shape index (κ1) is 54.6. The minimum absolute atomic E-state index is 0.0339. The van der Waals surface area contributed by atoms with Crippen LogP contribution in [0.1, 0.15) is 213 Å². The average molecular weight is 800 g/mol. The Hall–Kier alpha value is -2.38. The summed E-state index contributed by atoms with van der Waals surface area (Å²) in [5.74, 6) is -0.0716. The maximum absolute atomic E-state index is 12.9. The van der Waals surface area contributed by atoms with Gasteiger partial charge in [0.1, 0.15) is 6.10 Å². The van der Waals surface area contributed by atoms with Gasteiger partial charge >= 0.3 is 12.0 Å². The maximum atomic E-state index is 12.9. The summed E-state index contributed by atoms with van der Waals surface area (Å²) in [6, 6.07) is -0.172. The summed E-state index contributed by atoms with van der Waals surface area (Å²) < 4.78 is 6.10. The number of allylic oxidation sites excluding steroid dienone is 8. The van der Waals surface area contributed by atoms with Crippen LogP contribution < -0.4 is 10.6 Å². The van der Waals surface area contributed by atoms with Crippen LogP contribution in [0.4, 0.5) is 4.79 Å². The van der Waals surface area contributed by atoms with E-state index in [4.69, 9.17) is 4.74 Å². The van der Waals surface area contributed by atoms with Gasteiger partial charge in [0, 0.05) is 26.6 Å². The summed E-state index contributed by atoms with van der Waals surface area (Å²) >= 11 is 0. The zero-order chi connectivity index (χ0) is 41.7. The highest BCUT2D eigenvalue weighted by atomic mass is 16.5. The van der Waals surface area contributed by atoms with Crippen LogP contribution in [0.2, 0.25) is 0 Å². The number of likely N-dealkylation sites (N-methyl/N-ethyl adjacent to an activating group) is 1. The average Bonchev–Trinajstić information content (AvgIpc) is 3.20. The molecule has 1 unspecified atom stereocenters. The lowest BCUT2D eigenvalue weighted by Crippen LogP contribution is -2.33. The van der Waals surface area contributed by atoms with E-state index in [2.05, 4.69) is 78.0 Å². The number of carbonyl (C=O) groups is 2. The highest BCUT2D eigenvalue weighted by Crippen LogP contribution is 2.18. The Labute approximate surface area is 353 Å². The Morgan fingerprint density at radius 3 is 1.49 bits per heavy atom. The highest BCUT2D eigenvalue weighted by molar-refractivity contribution is 5.73.